The number of halogens is 1. The summed E-state index contributed by atoms with van der Waals surface area (Å²) in [5, 5.41) is 6.90. The molecular weight excluding hydrogens is 340 g/mol. The van der Waals surface area contributed by atoms with Crippen LogP contribution >= 0.6 is 22.9 Å². The van der Waals surface area contributed by atoms with Gasteiger partial charge in [-0.2, -0.15) is 0 Å². The number of rotatable bonds is 5. The molecule has 0 aliphatic rings. The Balaban J connectivity index is 1.80. The van der Waals surface area contributed by atoms with E-state index < -0.39 is 0 Å². The zero-order valence-electron chi connectivity index (χ0n) is 13.6. The smallest absolute Gasteiger partial charge is 0.252 e. The van der Waals surface area contributed by atoms with E-state index in [0.717, 1.165) is 0 Å². The summed E-state index contributed by atoms with van der Waals surface area (Å²) >= 11 is 7.84. The largest absolute Gasteiger partial charge is 0.350 e. The summed E-state index contributed by atoms with van der Waals surface area (Å²) in [6, 6.07) is 15.6. The van der Waals surface area contributed by atoms with Crippen LogP contribution in [0.2, 0.25) is 5.02 Å². The third kappa shape index (κ3) is 3.46. The normalized spacial score (nSPS) is 12.5. The Labute approximate surface area is 150 Å². The Hall–Kier alpha value is -1.88. The van der Waals surface area contributed by atoms with E-state index in [4.69, 9.17) is 11.6 Å². The molecule has 0 bridgehead atoms. The van der Waals surface area contributed by atoms with E-state index in [-0.39, 0.29) is 11.9 Å². The lowest BCUT2D eigenvalue weighted by atomic mass is 10.0. The molecule has 1 amide bonds. The fourth-order valence-electron chi connectivity index (χ4n) is 2.76. The molecule has 24 heavy (non-hydrogen) atoms. The van der Waals surface area contributed by atoms with Crippen molar-refractivity contribution in [2.75, 3.05) is 20.6 Å². The summed E-state index contributed by atoms with van der Waals surface area (Å²) in [5.74, 6) is -0.146. The van der Waals surface area contributed by atoms with Gasteiger partial charge in [-0.1, -0.05) is 41.9 Å². The minimum atomic E-state index is -0.146. The molecule has 3 nitrogen and oxygen atoms in total. The molecular formula is C19H19ClN2OS. The molecule has 0 radical (unpaired) electrons. The van der Waals surface area contributed by atoms with Gasteiger partial charge in [-0.15, -0.1) is 11.3 Å². The van der Waals surface area contributed by atoms with Crippen molar-refractivity contribution in [3.05, 3.63) is 70.1 Å². The maximum absolute atomic E-state index is 12.4. The SMILES string of the molecule is CN(C)C(CNC(=O)c1ccccc1Cl)c1csc2ccccc12. The van der Waals surface area contributed by atoms with Gasteiger partial charge in [-0.05, 0) is 48.6 Å². The number of nitrogens with zero attached hydrogens (tertiary/aromatic N) is 1. The topological polar surface area (TPSA) is 32.3 Å². The van der Waals surface area contributed by atoms with Crippen molar-refractivity contribution in [1.29, 1.82) is 0 Å². The van der Waals surface area contributed by atoms with Gasteiger partial charge in [-0.3, -0.25) is 4.79 Å². The third-order valence-corrected chi connectivity index (χ3v) is 5.38. The molecule has 0 saturated heterocycles. The molecule has 0 spiro atoms. The fourth-order valence-corrected chi connectivity index (χ4v) is 3.99. The number of carbonyl (C=O) groups is 1. The van der Waals surface area contributed by atoms with Gasteiger partial charge in [0.25, 0.3) is 5.91 Å². The predicted octanol–water partition coefficient (Wildman–Crippen LogP) is 4.59. The highest BCUT2D eigenvalue weighted by Gasteiger charge is 2.19. The molecule has 0 aliphatic carbocycles. The van der Waals surface area contributed by atoms with Gasteiger partial charge in [0.05, 0.1) is 16.6 Å². The van der Waals surface area contributed by atoms with Gasteiger partial charge in [-0.25, -0.2) is 0 Å². The molecule has 1 atom stereocenters. The molecule has 0 aliphatic heterocycles. The van der Waals surface area contributed by atoms with Gasteiger partial charge in [0.15, 0.2) is 0 Å². The first-order valence-electron chi connectivity index (χ1n) is 7.73. The van der Waals surface area contributed by atoms with Crippen LogP contribution in [0.5, 0.6) is 0 Å². The molecule has 5 heteroatoms. The van der Waals surface area contributed by atoms with Crippen molar-refractivity contribution in [1.82, 2.24) is 10.2 Å². The molecule has 0 saturated carbocycles. The second-order valence-corrected chi connectivity index (χ2v) is 7.17. The van der Waals surface area contributed by atoms with Gasteiger partial charge in [0.2, 0.25) is 0 Å². The molecule has 2 aromatic carbocycles. The van der Waals surface area contributed by atoms with E-state index in [0.29, 0.717) is 17.1 Å². The van der Waals surface area contributed by atoms with Crippen molar-refractivity contribution < 1.29 is 4.79 Å². The summed E-state index contributed by atoms with van der Waals surface area (Å²) < 4.78 is 1.26. The van der Waals surface area contributed by atoms with Crippen molar-refractivity contribution in [2.45, 2.75) is 6.04 Å². The molecule has 1 unspecified atom stereocenters. The Morgan fingerprint density at radius 3 is 2.62 bits per heavy atom. The maximum Gasteiger partial charge on any atom is 0.252 e. The Morgan fingerprint density at radius 1 is 1.17 bits per heavy atom. The van der Waals surface area contributed by atoms with Gasteiger partial charge in [0, 0.05) is 11.2 Å². The van der Waals surface area contributed by atoms with Crippen LogP contribution in [0, 0.1) is 0 Å². The summed E-state index contributed by atoms with van der Waals surface area (Å²) in [4.78, 5) is 14.5. The van der Waals surface area contributed by atoms with Crippen LogP contribution in [0.15, 0.2) is 53.9 Å². The number of amides is 1. The number of hydrogen-bond acceptors (Lipinski definition) is 3. The lowest BCUT2D eigenvalue weighted by Gasteiger charge is -2.24. The highest BCUT2D eigenvalue weighted by molar-refractivity contribution is 7.17. The highest BCUT2D eigenvalue weighted by Crippen LogP contribution is 2.32. The second-order valence-electron chi connectivity index (χ2n) is 5.86. The third-order valence-electron chi connectivity index (χ3n) is 4.07. The van der Waals surface area contributed by atoms with Gasteiger partial charge < -0.3 is 10.2 Å². The number of likely N-dealkylation sites (N-methyl/N-ethyl adjacent to an activating group) is 1. The van der Waals surface area contributed by atoms with Crippen LogP contribution in [0.1, 0.15) is 22.0 Å². The van der Waals surface area contributed by atoms with Crippen LogP contribution in [-0.4, -0.2) is 31.4 Å². The van der Waals surface area contributed by atoms with E-state index in [1.165, 1.54) is 15.6 Å². The minimum absolute atomic E-state index is 0.104. The first kappa shape index (κ1) is 17.0. The molecule has 1 N–H and O–H groups in total. The van der Waals surface area contributed by atoms with Crippen LogP contribution in [0.3, 0.4) is 0 Å². The number of benzene rings is 2. The molecule has 3 aromatic rings. The van der Waals surface area contributed by atoms with Crippen LogP contribution < -0.4 is 5.32 Å². The number of hydrogen-bond donors (Lipinski definition) is 1. The molecule has 1 heterocycles. The summed E-state index contributed by atoms with van der Waals surface area (Å²) in [5.41, 5.74) is 1.74. The van der Waals surface area contributed by atoms with E-state index >= 15 is 0 Å². The maximum atomic E-state index is 12.4. The van der Waals surface area contributed by atoms with Crippen molar-refractivity contribution in [3.63, 3.8) is 0 Å². The number of fused-ring (bicyclic) bond motifs is 1. The lowest BCUT2D eigenvalue weighted by Crippen LogP contribution is -2.34. The number of nitrogens with one attached hydrogen (secondary N) is 1. The number of carbonyl (C=O) groups excluding carboxylic acids is 1. The van der Waals surface area contributed by atoms with E-state index in [1.54, 1.807) is 23.5 Å². The van der Waals surface area contributed by atoms with Crippen LogP contribution in [0.25, 0.3) is 10.1 Å². The summed E-state index contributed by atoms with van der Waals surface area (Å²) in [7, 11) is 4.05. The molecule has 0 fully saturated rings. The second kappa shape index (κ2) is 7.34. The zero-order chi connectivity index (χ0) is 17.1. The fraction of sp³-hybridized carbons (Fsp3) is 0.211. The van der Waals surface area contributed by atoms with E-state index in [1.807, 2.05) is 38.4 Å². The lowest BCUT2D eigenvalue weighted by molar-refractivity contribution is 0.0942. The molecule has 124 valence electrons. The average Bonchev–Trinajstić information content (AvgIpc) is 2.99. The highest BCUT2D eigenvalue weighted by atomic mass is 35.5. The zero-order valence-corrected chi connectivity index (χ0v) is 15.2. The van der Waals surface area contributed by atoms with Crippen molar-refractivity contribution >= 4 is 38.9 Å². The predicted molar refractivity (Wildman–Crippen MR) is 102 cm³/mol. The Bertz CT molecular complexity index is 859. The van der Waals surface area contributed by atoms with Crippen molar-refractivity contribution in [2.24, 2.45) is 0 Å². The van der Waals surface area contributed by atoms with Crippen LogP contribution in [0.4, 0.5) is 0 Å². The Morgan fingerprint density at radius 2 is 1.88 bits per heavy atom. The van der Waals surface area contributed by atoms with E-state index in [2.05, 4.69) is 27.7 Å². The minimum Gasteiger partial charge on any atom is -0.350 e. The summed E-state index contributed by atoms with van der Waals surface area (Å²) in [6.45, 7) is 0.526. The summed E-state index contributed by atoms with van der Waals surface area (Å²) in [6.07, 6.45) is 0. The van der Waals surface area contributed by atoms with E-state index in [9.17, 15) is 4.79 Å². The monoisotopic (exact) mass is 358 g/mol. The molecule has 3 rings (SSSR count). The average molecular weight is 359 g/mol. The Kier molecular flexibility index (Phi) is 5.19. The quantitative estimate of drug-likeness (QED) is 0.723. The number of thiophene rings is 1. The first-order valence-corrected chi connectivity index (χ1v) is 8.99. The van der Waals surface area contributed by atoms with Crippen molar-refractivity contribution in [3.8, 4) is 0 Å². The first-order chi connectivity index (χ1) is 11.6. The molecule has 1 aromatic heterocycles. The standard InChI is InChI=1S/C19H19ClN2OS/c1-22(2)17(15-12-24-18-10-6-4-7-13(15)18)11-21-19(23)14-8-3-5-9-16(14)20/h3-10,12,17H,11H2,1-2H3,(H,21,23). The van der Waals surface area contributed by atoms with Gasteiger partial charge in [0.1, 0.15) is 0 Å². The van der Waals surface area contributed by atoms with Gasteiger partial charge >= 0.3 is 0 Å². The van der Waals surface area contributed by atoms with Crippen LogP contribution in [-0.2, 0) is 0 Å².